The van der Waals surface area contributed by atoms with E-state index >= 15 is 0 Å². The molecule has 3 N–H and O–H groups in total. The van der Waals surface area contributed by atoms with Crippen LogP contribution in [0.3, 0.4) is 0 Å². The molecule has 1 aromatic rings. The molecule has 96 valence electrons. The van der Waals surface area contributed by atoms with E-state index in [2.05, 4.69) is 18.4 Å². The second-order valence-electron chi connectivity index (χ2n) is 5.02. The minimum absolute atomic E-state index is 0.377. The van der Waals surface area contributed by atoms with Gasteiger partial charge in [-0.3, -0.25) is 11.3 Å². The van der Waals surface area contributed by atoms with Crippen LogP contribution in [0.1, 0.15) is 66.8 Å². The van der Waals surface area contributed by atoms with E-state index in [1.807, 2.05) is 11.3 Å². The van der Waals surface area contributed by atoms with Gasteiger partial charge < -0.3 is 0 Å². The lowest BCUT2D eigenvalue weighted by Gasteiger charge is -2.14. The van der Waals surface area contributed by atoms with Crippen molar-refractivity contribution >= 4 is 11.3 Å². The number of thiophene rings is 1. The Hall–Kier alpha value is -0.380. The second-order valence-corrected chi connectivity index (χ2v) is 6.19. The average molecular weight is 252 g/mol. The molecule has 1 aliphatic rings. The van der Waals surface area contributed by atoms with E-state index in [-0.39, 0.29) is 0 Å². The van der Waals surface area contributed by atoms with Gasteiger partial charge in [0.2, 0.25) is 0 Å². The summed E-state index contributed by atoms with van der Waals surface area (Å²) in [5.74, 6) is 5.69. The zero-order valence-electron chi connectivity index (χ0n) is 10.8. The molecule has 0 aliphatic heterocycles. The topological polar surface area (TPSA) is 38.0 Å². The smallest absolute Gasteiger partial charge is 0.0553 e. The third-order valence-electron chi connectivity index (χ3n) is 3.66. The molecule has 0 saturated carbocycles. The minimum atomic E-state index is 0.377. The van der Waals surface area contributed by atoms with Crippen LogP contribution >= 0.6 is 11.3 Å². The molecule has 2 rings (SSSR count). The van der Waals surface area contributed by atoms with E-state index in [9.17, 15) is 0 Å². The van der Waals surface area contributed by atoms with E-state index in [4.69, 9.17) is 5.84 Å². The Morgan fingerprint density at radius 3 is 2.94 bits per heavy atom. The van der Waals surface area contributed by atoms with Gasteiger partial charge in [-0.25, -0.2) is 0 Å². The summed E-state index contributed by atoms with van der Waals surface area (Å²) >= 11 is 1.98. The largest absolute Gasteiger partial charge is 0.271 e. The highest BCUT2D eigenvalue weighted by Crippen LogP contribution is 2.35. The molecule has 0 bridgehead atoms. The van der Waals surface area contributed by atoms with Gasteiger partial charge in [0.25, 0.3) is 0 Å². The van der Waals surface area contributed by atoms with Crippen LogP contribution in [0.4, 0.5) is 0 Å². The Kier molecular flexibility index (Phi) is 5.01. The fourth-order valence-electron chi connectivity index (χ4n) is 2.61. The van der Waals surface area contributed by atoms with Crippen molar-refractivity contribution in [2.75, 3.05) is 0 Å². The Morgan fingerprint density at radius 2 is 2.24 bits per heavy atom. The summed E-state index contributed by atoms with van der Waals surface area (Å²) in [4.78, 5) is 3.06. The van der Waals surface area contributed by atoms with Gasteiger partial charge in [0.1, 0.15) is 0 Å². The Labute approximate surface area is 109 Å². The van der Waals surface area contributed by atoms with Gasteiger partial charge in [0.15, 0.2) is 0 Å². The molecule has 0 saturated heterocycles. The number of fused-ring (bicyclic) bond motifs is 1. The molecular weight excluding hydrogens is 228 g/mol. The number of nitrogens with two attached hydrogens (primary N) is 1. The van der Waals surface area contributed by atoms with Crippen molar-refractivity contribution in [1.82, 2.24) is 5.43 Å². The lowest BCUT2D eigenvalue weighted by Crippen LogP contribution is -2.27. The first kappa shape index (κ1) is 13.1. The highest BCUT2D eigenvalue weighted by atomic mass is 32.1. The van der Waals surface area contributed by atoms with Crippen LogP contribution in [0.15, 0.2) is 6.07 Å². The van der Waals surface area contributed by atoms with E-state index < -0.39 is 0 Å². The summed E-state index contributed by atoms with van der Waals surface area (Å²) in [6.07, 6.45) is 10.3. The summed E-state index contributed by atoms with van der Waals surface area (Å²) in [7, 11) is 0. The molecule has 0 radical (unpaired) electrons. The van der Waals surface area contributed by atoms with Crippen molar-refractivity contribution in [3.05, 3.63) is 21.4 Å². The zero-order valence-corrected chi connectivity index (χ0v) is 11.6. The number of nitrogens with one attached hydrogen (secondary N) is 1. The van der Waals surface area contributed by atoms with E-state index in [0.717, 1.165) is 0 Å². The molecule has 1 aliphatic carbocycles. The van der Waals surface area contributed by atoms with E-state index in [1.165, 1.54) is 56.2 Å². The molecule has 17 heavy (non-hydrogen) atoms. The van der Waals surface area contributed by atoms with Crippen LogP contribution in [0.2, 0.25) is 0 Å². The van der Waals surface area contributed by atoms with Crippen LogP contribution in [0, 0.1) is 0 Å². The maximum Gasteiger partial charge on any atom is 0.0553 e. The van der Waals surface area contributed by atoms with Crippen LogP contribution in [-0.4, -0.2) is 0 Å². The highest BCUT2D eigenvalue weighted by molar-refractivity contribution is 7.12. The first-order chi connectivity index (χ1) is 8.35. The second kappa shape index (κ2) is 6.53. The van der Waals surface area contributed by atoms with Crippen LogP contribution in [0.5, 0.6) is 0 Å². The molecule has 3 heteroatoms. The van der Waals surface area contributed by atoms with Crippen molar-refractivity contribution in [3.63, 3.8) is 0 Å². The monoisotopic (exact) mass is 252 g/mol. The fraction of sp³-hybridized carbons (Fsp3) is 0.714. The van der Waals surface area contributed by atoms with Gasteiger partial charge in [0, 0.05) is 9.75 Å². The first-order valence-corrected chi connectivity index (χ1v) is 7.74. The third-order valence-corrected chi connectivity index (χ3v) is 5.01. The van der Waals surface area contributed by atoms with Crippen LogP contribution in [-0.2, 0) is 12.8 Å². The van der Waals surface area contributed by atoms with E-state index in [0.29, 0.717) is 6.04 Å². The predicted molar refractivity (Wildman–Crippen MR) is 75.2 cm³/mol. The highest BCUT2D eigenvalue weighted by Gasteiger charge is 2.19. The molecule has 0 aromatic carbocycles. The molecule has 1 heterocycles. The number of hydrazine groups is 1. The van der Waals surface area contributed by atoms with Gasteiger partial charge in [-0.1, -0.05) is 32.6 Å². The Morgan fingerprint density at radius 1 is 1.35 bits per heavy atom. The quantitative estimate of drug-likeness (QED) is 0.441. The zero-order chi connectivity index (χ0) is 12.1. The van der Waals surface area contributed by atoms with Gasteiger partial charge >= 0.3 is 0 Å². The van der Waals surface area contributed by atoms with Gasteiger partial charge in [0.05, 0.1) is 6.04 Å². The Bertz CT molecular complexity index is 324. The molecule has 2 nitrogen and oxygen atoms in total. The molecule has 1 aromatic heterocycles. The molecule has 0 amide bonds. The van der Waals surface area contributed by atoms with Gasteiger partial charge in [-0.15, -0.1) is 11.3 Å². The maximum atomic E-state index is 5.69. The lowest BCUT2D eigenvalue weighted by molar-refractivity contribution is 0.488. The van der Waals surface area contributed by atoms with Crippen LogP contribution in [0.25, 0.3) is 0 Å². The minimum Gasteiger partial charge on any atom is -0.271 e. The fourth-order valence-corrected chi connectivity index (χ4v) is 3.96. The Balaban J connectivity index is 1.88. The van der Waals surface area contributed by atoms with Crippen LogP contribution < -0.4 is 11.3 Å². The van der Waals surface area contributed by atoms with Crippen molar-refractivity contribution in [1.29, 1.82) is 0 Å². The van der Waals surface area contributed by atoms with Crippen molar-refractivity contribution in [2.45, 2.75) is 64.3 Å². The maximum absolute atomic E-state index is 5.69. The summed E-state index contributed by atoms with van der Waals surface area (Å²) in [5.41, 5.74) is 4.58. The van der Waals surface area contributed by atoms with Gasteiger partial charge in [-0.05, 0) is 37.3 Å². The molecule has 0 fully saturated rings. The summed E-state index contributed by atoms with van der Waals surface area (Å²) in [6.45, 7) is 2.25. The number of aryl methyl sites for hydroxylation is 2. The average Bonchev–Trinajstić information content (AvgIpc) is 2.89. The SMILES string of the molecule is CCCCCCC(NN)c1cc2c(s1)CCC2. The lowest BCUT2D eigenvalue weighted by atomic mass is 10.1. The normalized spacial score (nSPS) is 16.1. The summed E-state index contributed by atoms with van der Waals surface area (Å²) < 4.78 is 0. The molecular formula is C14H24N2S. The van der Waals surface area contributed by atoms with E-state index in [1.54, 1.807) is 10.4 Å². The third kappa shape index (κ3) is 3.30. The summed E-state index contributed by atoms with van der Waals surface area (Å²) in [6, 6.07) is 2.76. The number of hydrogen-bond donors (Lipinski definition) is 2. The van der Waals surface area contributed by atoms with Crippen molar-refractivity contribution < 1.29 is 0 Å². The number of rotatable bonds is 7. The molecule has 1 atom stereocenters. The molecule has 1 unspecified atom stereocenters. The van der Waals surface area contributed by atoms with Gasteiger partial charge in [-0.2, -0.15) is 0 Å². The molecule has 0 spiro atoms. The number of unbranched alkanes of at least 4 members (excludes halogenated alkanes) is 3. The number of hydrogen-bond acceptors (Lipinski definition) is 3. The standard InChI is InChI=1S/C14H24N2S/c1-2-3-4-5-8-12(16-15)14-10-11-7-6-9-13(11)17-14/h10,12,16H,2-9,15H2,1H3. The predicted octanol–water partition coefficient (Wildman–Crippen LogP) is 3.71. The summed E-state index contributed by atoms with van der Waals surface area (Å²) in [5, 5.41) is 0. The van der Waals surface area contributed by atoms with Crippen molar-refractivity contribution in [3.8, 4) is 0 Å². The van der Waals surface area contributed by atoms with Crippen molar-refractivity contribution in [2.24, 2.45) is 5.84 Å². The first-order valence-electron chi connectivity index (χ1n) is 6.92.